The van der Waals surface area contributed by atoms with E-state index >= 15 is 0 Å². The maximum absolute atomic E-state index is 13.8. The number of carbonyl (C=O) groups is 3. The first-order chi connectivity index (χ1) is 17.9. The van der Waals surface area contributed by atoms with Crippen LogP contribution in [0.3, 0.4) is 0 Å². The van der Waals surface area contributed by atoms with Crippen molar-refractivity contribution in [1.82, 2.24) is 15.5 Å². The second-order valence-corrected chi connectivity index (χ2v) is 10.6. The van der Waals surface area contributed by atoms with Crippen molar-refractivity contribution in [3.05, 3.63) is 65.2 Å². The van der Waals surface area contributed by atoms with Gasteiger partial charge in [0.15, 0.2) is 0 Å². The van der Waals surface area contributed by atoms with Crippen molar-refractivity contribution in [2.45, 2.75) is 91.5 Å². The molecule has 2 unspecified atom stereocenters. The number of phenolic OH excluding ortho intramolecular Hbond substituents is 1. The van der Waals surface area contributed by atoms with Gasteiger partial charge in [-0.3, -0.25) is 9.59 Å². The molecular weight excluding hydrogens is 482 g/mol. The van der Waals surface area contributed by atoms with Crippen LogP contribution in [0.1, 0.15) is 83.0 Å². The lowest BCUT2D eigenvalue weighted by Crippen LogP contribution is -2.52. The van der Waals surface area contributed by atoms with Crippen molar-refractivity contribution in [2.75, 3.05) is 6.54 Å². The number of rotatable bonds is 12. The zero-order valence-corrected chi connectivity index (χ0v) is 23.5. The van der Waals surface area contributed by atoms with Crippen molar-refractivity contribution in [1.29, 1.82) is 0 Å². The quantitative estimate of drug-likeness (QED) is 0.323. The molecule has 2 aromatic carbocycles. The molecule has 0 spiro atoms. The van der Waals surface area contributed by atoms with E-state index < -0.39 is 35.6 Å². The van der Waals surface area contributed by atoms with E-state index in [2.05, 4.69) is 17.6 Å². The van der Waals surface area contributed by atoms with E-state index in [0.717, 1.165) is 24.8 Å². The number of hydrogen-bond donors (Lipinski definition) is 3. The number of aromatic hydroxyl groups is 1. The van der Waals surface area contributed by atoms with Crippen molar-refractivity contribution in [3.63, 3.8) is 0 Å². The summed E-state index contributed by atoms with van der Waals surface area (Å²) in [6, 6.07) is 12.6. The van der Waals surface area contributed by atoms with Gasteiger partial charge in [0.1, 0.15) is 23.4 Å². The predicted molar refractivity (Wildman–Crippen MR) is 149 cm³/mol. The summed E-state index contributed by atoms with van der Waals surface area (Å²) in [5.74, 6) is -0.886. The smallest absolute Gasteiger partial charge is 0.408 e. The number of aryl methyl sites for hydroxylation is 1. The van der Waals surface area contributed by atoms with Crippen LogP contribution in [-0.2, 0) is 20.9 Å². The van der Waals surface area contributed by atoms with E-state index in [0.29, 0.717) is 17.5 Å². The van der Waals surface area contributed by atoms with E-state index in [1.165, 1.54) is 4.90 Å². The molecule has 3 N–H and O–H groups in total. The van der Waals surface area contributed by atoms with Gasteiger partial charge in [0.2, 0.25) is 11.8 Å². The van der Waals surface area contributed by atoms with Gasteiger partial charge in [0.25, 0.3) is 0 Å². The maximum atomic E-state index is 13.8. The standard InChI is InChI=1S/C30H43N3O5/c1-7-8-9-13-19-33(28(36)22(3)32-29(37)38-30(4,5)6)25(24-18-14-15-21(2)26(24)34)27(35)31-20-23-16-11-10-12-17-23/h10-12,14-18,22,25,34H,7-9,13,19-20H2,1-6H3,(H,31,35)(H,32,37). The van der Waals surface area contributed by atoms with Gasteiger partial charge in [0.05, 0.1) is 0 Å². The third-order valence-corrected chi connectivity index (χ3v) is 6.07. The Morgan fingerprint density at radius 2 is 1.68 bits per heavy atom. The molecule has 2 atom stereocenters. The fraction of sp³-hybridized carbons (Fsp3) is 0.500. The van der Waals surface area contributed by atoms with Gasteiger partial charge in [-0.2, -0.15) is 0 Å². The third-order valence-electron chi connectivity index (χ3n) is 6.07. The molecule has 8 heteroatoms. The van der Waals surface area contributed by atoms with Gasteiger partial charge in [-0.1, -0.05) is 74.7 Å². The highest BCUT2D eigenvalue weighted by atomic mass is 16.6. The molecule has 0 aromatic heterocycles. The Bertz CT molecular complexity index is 1070. The molecule has 0 saturated heterocycles. The molecule has 8 nitrogen and oxygen atoms in total. The van der Waals surface area contributed by atoms with Crippen molar-refractivity contribution < 1.29 is 24.2 Å². The minimum atomic E-state index is -1.09. The van der Waals surface area contributed by atoms with Gasteiger partial charge in [0, 0.05) is 18.7 Å². The molecule has 0 heterocycles. The van der Waals surface area contributed by atoms with Crippen LogP contribution in [0.2, 0.25) is 0 Å². The van der Waals surface area contributed by atoms with Crippen molar-refractivity contribution in [2.24, 2.45) is 0 Å². The molecule has 3 amide bonds. The first-order valence-corrected chi connectivity index (χ1v) is 13.3. The Labute approximate surface area is 226 Å². The molecule has 0 saturated carbocycles. The summed E-state index contributed by atoms with van der Waals surface area (Å²) in [5.41, 5.74) is 1.12. The largest absolute Gasteiger partial charge is 0.507 e. The molecule has 0 bridgehead atoms. The first-order valence-electron chi connectivity index (χ1n) is 13.3. The SMILES string of the molecule is CCCCCCN(C(=O)C(C)NC(=O)OC(C)(C)C)C(C(=O)NCc1ccccc1)c1cccc(C)c1O. The second-order valence-electron chi connectivity index (χ2n) is 10.6. The Kier molecular flexibility index (Phi) is 11.6. The van der Waals surface area contributed by atoms with Crippen LogP contribution in [0.5, 0.6) is 5.75 Å². The molecule has 0 fully saturated rings. The molecule has 0 radical (unpaired) electrons. The van der Waals surface area contributed by atoms with E-state index in [-0.39, 0.29) is 18.8 Å². The van der Waals surface area contributed by atoms with Crippen molar-refractivity contribution >= 4 is 17.9 Å². The number of phenols is 1. The molecule has 2 rings (SSSR count). The average Bonchev–Trinajstić information content (AvgIpc) is 2.85. The molecular formula is C30H43N3O5. The summed E-state index contributed by atoms with van der Waals surface area (Å²) in [6.07, 6.45) is 2.85. The lowest BCUT2D eigenvalue weighted by Gasteiger charge is -2.34. The number of nitrogens with one attached hydrogen (secondary N) is 2. The summed E-state index contributed by atoms with van der Waals surface area (Å²) >= 11 is 0. The van der Waals surface area contributed by atoms with Crippen LogP contribution < -0.4 is 10.6 Å². The molecule has 38 heavy (non-hydrogen) atoms. The number of unbranched alkanes of at least 4 members (excludes halogenated alkanes) is 3. The minimum Gasteiger partial charge on any atom is -0.507 e. The Morgan fingerprint density at radius 3 is 2.32 bits per heavy atom. The normalized spacial score (nSPS) is 12.8. The van der Waals surface area contributed by atoms with Crippen LogP contribution in [0.25, 0.3) is 0 Å². The number of alkyl carbamates (subject to hydrolysis) is 1. The number of para-hydroxylation sites is 1. The lowest BCUT2D eigenvalue weighted by atomic mass is 9.98. The average molecular weight is 526 g/mol. The number of nitrogens with zero attached hydrogens (tertiary/aromatic N) is 1. The van der Waals surface area contributed by atoms with E-state index in [1.807, 2.05) is 30.3 Å². The predicted octanol–water partition coefficient (Wildman–Crippen LogP) is 5.38. The highest BCUT2D eigenvalue weighted by Gasteiger charge is 2.36. The topological polar surface area (TPSA) is 108 Å². The van der Waals surface area contributed by atoms with Crippen LogP contribution in [-0.4, -0.2) is 46.1 Å². The monoisotopic (exact) mass is 525 g/mol. The Hall–Kier alpha value is -3.55. The fourth-order valence-electron chi connectivity index (χ4n) is 4.10. The van der Waals surface area contributed by atoms with Crippen LogP contribution in [0.4, 0.5) is 4.79 Å². The second kappa shape index (κ2) is 14.4. The van der Waals surface area contributed by atoms with E-state index in [9.17, 15) is 19.5 Å². The maximum Gasteiger partial charge on any atom is 0.408 e. The summed E-state index contributed by atoms with van der Waals surface area (Å²) in [7, 11) is 0. The van der Waals surface area contributed by atoms with Gasteiger partial charge < -0.3 is 25.4 Å². The van der Waals surface area contributed by atoms with Gasteiger partial charge in [-0.05, 0) is 52.2 Å². The summed E-state index contributed by atoms with van der Waals surface area (Å²) in [6.45, 7) is 11.2. The van der Waals surface area contributed by atoms with Gasteiger partial charge in [-0.15, -0.1) is 0 Å². The summed E-state index contributed by atoms with van der Waals surface area (Å²) in [5, 5.41) is 16.5. The van der Waals surface area contributed by atoms with E-state index in [1.54, 1.807) is 52.8 Å². The van der Waals surface area contributed by atoms with Crippen LogP contribution in [0, 0.1) is 6.92 Å². The van der Waals surface area contributed by atoms with Gasteiger partial charge >= 0.3 is 6.09 Å². The number of amides is 3. The summed E-state index contributed by atoms with van der Waals surface area (Å²) in [4.78, 5) is 41.4. The lowest BCUT2D eigenvalue weighted by molar-refractivity contribution is -0.142. The highest BCUT2D eigenvalue weighted by Crippen LogP contribution is 2.32. The van der Waals surface area contributed by atoms with Gasteiger partial charge in [-0.25, -0.2) is 4.79 Å². The minimum absolute atomic E-state index is 0.0357. The fourth-order valence-corrected chi connectivity index (χ4v) is 4.10. The molecule has 0 aliphatic heterocycles. The van der Waals surface area contributed by atoms with Crippen molar-refractivity contribution in [3.8, 4) is 5.75 Å². The molecule has 0 aliphatic rings. The number of carbonyl (C=O) groups excluding carboxylic acids is 3. The first kappa shape index (κ1) is 30.7. The zero-order valence-electron chi connectivity index (χ0n) is 23.5. The Balaban J connectivity index is 2.41. The molecule has 0 aliphatic carbocycles. The summed E-state index contributed by atoms with van der Waals surface area (Å²) < 4.78 is 5.33. The molecule has 208 valence electrons. The zero-order chi connectivity index (χ0) is 28.3. The Morgan fingerprint density at radius 1 is 1.00 bits per heavy atom. The third kappa shape index (κ3) is 9.39. The number of ether oxygens (including phenoxy) is 1. The number of hydrogen-bond acceptors (Lipinski definition) is 5. The molecule has 2 aromatic rings. The highest BCUT2D eigenvalue weighted by molar-refractivity contribution is 5.92. The number of benzene rings is 2. The van der Waals surface area contributed by atoms with Crippen LogP contribution >= 0.6 is 0 Å². The van der Waals surface area contributed by atoms with Crippen LogP contribution in [0.15, 0.2) is 48.5 Å². The van der Waals surface area contributed by atoms with E-state index in [4.69, 9.17) is 4.74 Å².